The van der Waals surface area contributed by atoms with Gasteiger partial charge in [0.25, 0.3) is 0 Å². The lowest BCUT2D eigenvalue weighted by atomic mass is 9.81. The van der Waals surface area contributed by atoms with Gasteiger partial charge in [-0.15, -0.1) is 0 Å². The van der Waals surface area contributed by atoms with E-state index in [1.54, 1.807) is 11.8 Å². The second-order valence-corrected chi connectivity index (χ2v) is 5.40. The third-order valence-corrected chi connectivity index (χ3v) is 4.95. The summed E-state index contributed by atoms with van der Waals surface area (Å²) >= 11 is 1.72. The zero-order valence-electron chi connectivity index (χ0n) is 7.94. The van der Waals surface area contributed by atoms with Crippen molar-refractivity contribution < 1.29 is 14.6 Å². The van der Waals surface area contributed by atoms with Crippen LogP contribution in [0.25, 0.3) is 0 Å². The molecule has 2 rings (SSSR count). The Morgan fingerprint density at radius 3 is 2.71 bits per heavy atom. The van der Waals surface area contributed by atoms with Gasteiger partial charge in [0.15, 0.2) is 0 Å². The summed E-state index contributed by atoms with van der Waals surface area (Å²) in [5, 5.41) is 9.17. The van der Waals surface area contributed by atoms with Crippen LogP contribution in [0.15, 0.2) is 0 Å². The van der Waals surface area contributed by atoms with Gasteiger partial charge in [-0.3, -0.25) is 4.79 Å². The molecule has 0 aromatic carbocycles. The maximum Gasteiger partial charge on any atom is 0.309 e. The standard InChI is InChI=1S/C9H15NO3S/c10-6-5-14-9(7(6)8(11)12)1-3-13-4-2-9/h6-7H,1-5,10H2,(H,11,12). The molecule has 3 N–H and O–H groups in total. The summed E-state index contributed by atoms with van der Waals surface area (Å²) in [5.74, 6) is -0.377. The Kier molecular flexibility index (Phi) is 2.72. The third-order valence-electron chi connectivity index (χ3n) is 3.16. The second kappa shape index (κ2) is 3.72. The van der Waals surface area contributed by atoms with E-state index in [1.165, 1.54) is 0 Å². The molecule has 4 nitrogen and oxygen atoms in total. The van der Waals surface area contributed by atoms with Crippen molar-refractivity contribution in [1.82, 2.24) is 0 Å². The fraction of sp³-hybridized carbons (Fsp3) is 0.889. The number of ether oxygens (including phenoxy) is 1. The molecule has 2 aliphatic heterocycles. The first kappa shape index (κ1) is 10.3. The van der Waals surface area contributed by atoms with Crippen LogP contribution in [-0.2, 0) is 9.53 Å². The van der Waals surface area contributed by atoms with Gasteiger partial charge in [0.2, 0.25) is 0 Å². The predicted octanol–water partition coefficient (Wildman–Crippen LogP) is 0.310. The van der Waals surface area contributed by atoms with E-state index >= 15 is 0 Å². The van der Waals surface area contributed by atoms with Crippen LogP contribution < -0.4 is 5.73 Å². The number of carboxylic acid groups (broad SMARTS) is 1. The molecule has 14 heavy (non-hydrogen) atoms. The quantitative estimate of drug-likeness (QED) is 0.661. The minimum absolute atomic E-state index is 0.149. The van der Waals surface area contributed by atoms with E-state index in [9.17, 15) is 4.79 Å². The van der Waals surface area contributed by atoms with Crippen molar-refractivity contribution in [3.63, 3.8) is 0 Å². The molecule has 0 bridgehead atoms. The van der Waals surface area contributed by atoms with Gasteiger partial charge in [-0.2, -0.15) is 11.8 Å². The zero-order chi connectivity index (χ0) is 10.2. The molecule has 0 saturated carbocycles. The van der Waals surface area contributed by atoms with Crippen molar-refractivity contribution in [2.24, 2.45) is 11.7 Å². The highest BCUT2D eigenvalue weighted by Crippen LogP contribution is 2.48. The van der Waals surface area contributed by atoms with Gasteiger partial charge in [0.05, 0.1) is 5.92 Å². The molecule has 0 aromatic rings. The van der Waals surface area contributed by atoms with Crippen LogP contribution in [-0.4, -0.2) is 40.8 Å². The van der Waals surface area contributed by atoms with Crippen LogP contribution in [0.3, 0.4) is 0 Å². The van der Waals surface area contributed by atoms with Gasteiger partial charge in [-0.05, 0) is 12.8 Å². The summed E-state index contributed by atoms with van der Waals surface area (Å²) in [7, 11) is 0. The summed E-state index contributed by atoms with van der Waals surface area (Å²) in [5.41, 5.74) is 5.84. The predicted molar refractivity (Wildman–Crippen MR) is 54.3 cm³/mol. The Labute approximate surface area is 87.2 Å². The highest BCUT2D eigenvalue weighted by Gasteiger charge is 2.52. The van der Waals surface area contributed by atoms with E-state index in [4.69, 9.17) is 15.6 Å². The SMILES string of the molecule is NC1CSC2(CCOCC2)C1C(=O)O. The van der Waals surface area contributed by atoms with Crippen LogP contribution in [0.5, 0.6) is 0 Å². The van der Waals surface area contributed by atoms with E-state index in [0.717, 1.165) is 18.6 Å². The van der Waals surface area contributed by atoms with Crippen LogP contribution >= 0.6 is 11.8 Å². The third kappa shape index (κ3) is 1.53. The second-order valence-electron chi connectivity index (χ2n) is 3.97. The number of rotatable bonds is 1. The lowest BCUT2D eigenvalue weighted by molar-refractivity contribution is -0.144. The number of carbonyl (C=O) groups is 1. The Morgan fingerprint density at radius 1 is 1.50 bits per heavy atom. The molecule has 0 radical (unpaired) electrons. The van der Waals surface area contributed by atoms with Gasteiger partial charge in [-0.1, -0.05) is 0 Å². The number of nitrogens with two attached hydrogens (primary N) is 1. The molecule has 1 spiro atoms. The highest BCUT2D eigenvalue weighted by atomic mass is 32.2. The fourth-order valence-electron chi connectivity index (χ4n) is 2.42. The largest absolute Gasteiger partial charge is 0.481 e. The van der Waals surface area contributed by atoms with Crippen molar-refractivity contribution in [3.05, 3.63) is 0 Å². The maximum atomic E-state index is 11.2. The first-order valence-corrected chi connectivity index (χ1v) is 5.84. The zero-order valence-corrected chi connectivity index (χ0v) is 8.76. The summed E-state index contributed by atoms with van der Waals surface area (Å²) in [4.78, 5) is 11.2. The number of hydrogen-bond donors (Lipinski definition) is 2. The molecule has 5 heteroatoms. The van der Waals surface area contributed by atoms with Crippen molar-refractivity contribution >= 4 is 17.7 Å². The molecule has 2 aliphatic rings. The Morgan fingerprint density at radius 2 is 2.14 bits per heavy atom. The van der Waals surface area contributed by atoms with Crippen molar-refractivity contribution in [2.75, 3.05) is 19.0 Å². The molecule has 80 valence electrons. The fourth-order valence-corrected chi connectivity index (χ4v) is 4.05. The first-order valence-electron chi connectivity index (χ1n) is 4.86. The lowest BCUT2D eigenvalue weighted by Crippen LogP contribution is -2.47. The smallest absolute Gasteiger partial charge is 0.309 e. The molecule has 2 saturated heterocycles. The summed E-state index contributed by atoms with van der Waals surface area (Å²) in [6.07, 6.45) is 1.64. The van der Waals surface area contributed by atoms with E-state index < -0.39 is 11.9 Å². The van der Waals surface area contributed by atoms with E-state index in [-0.39, 0.29) is 10.8 Å². The van der Waals surface area contributed by atoms with Gasteiger partial charge in [0, 0.05) is 29.8 Å². The van der Waals surface area contributed by atoms with E-state index in [2.05, 4.69) is 0 Å². The van der Waals surface area contributed by atoms with Gasteiger partial charge < -0.3 is 15.6 Å². The number of carboxylic acids is 1. The topological polar surface area (TPSA) is 72.5 Å². The Bertz CT molecular complexity index is 235. The minimum Gasteiger partial charge on any atom is -0.481 e. The van der Waals surface area contributed by atoms with Crippen molar-refractivity contribution in [1.29, 1.82) is 0 Å². The molecule has 0 aliphatic carbocycles. The summed E-state index contributed by atoms with van der Waals surface area (Å²) in [6.45, 7) is 1.34. The van der Waals surface area contributed by atoms with Crippen molar-refractivity contribution in [2.45, 2.75) is 23.6 Å². The van der Waals surface area contributed by atoms with Crippen LogP contribution in [0.4, 0.5) is 0 Å². The molecular formula is C9H15NO3S. The summed E-state index contributed by atoms with van der Waals surface area (Å²) < 4.78 is 5.12. The monoisotopic (exact) mass is 217 g/mol. The van der Waals surface area contributed by atoms with Crippen LogP contribution in [0.2, 0.25) is 0 Å². The number of hydrogen-bond acceptors (Lipinski definition) is 4. The molecule has 2 unspecified atom stereocenters. The van der Waals surface area contributed by atoms with Gasteiger partial charge >= 0.3 is 5.97 Å². The Hall–Kier alpha value is -0.260. The average Bonchev–Trinajstić information content (AvgIpc) is 2.45. The first-order chi connectivity index (χ1) is 6.66. The normalized spacial score (nSPS) is 36.1. The lowest BCUT2D eigenvalue weighted by Gasteiger charge is -2.36. The van der Waals surface area contributed by atoms with Gasteiger partial charge in [0.1, 0.15) is 0 Å². The number of thioether (sulfide) groups is 1. The summed E-state index contributed by atoms with van der Waals surface area (Å²) in [6, 6.07) is -0.199. The molecule has 2 fully saturated rings. The van der Waals surface area contributed by atoms with Crippen LogP contribution in [0, 0.1) is 5.92 Å². The van der Waals surface area contributed by atoms with Crippen LogP contribution in [0.1, 0.15) is 12.8 Å². The molecule has 0 aromatic heterocycles. The maximum absolute atomic E-state index is 11.2. The number of aliphatic carboxylic acids is 1. The minimum atomic E-state index is -0.746. The van der Waals surface area contributed by atoms with Gasteiger partial charge in [-0.25, -0.2) is 0 Å². The Balaban J connectivity index is 2.20. The molecular weight excluding hydrogens is 202 g/mol. The molecule has 0 amide bonds. The average molecular weight is 217 g/mol. The highest BCUT2D eigenvalue weighted by molar-refractivity contribution is 8.01. The van der Waals surface area contributed by atoms with E-state index in [0.29, 0.717) is 13.2 Å². The van der Waals surface area contributed by atoms with Crippen molar-refractivity contribution in [3.8, 4) is 0 Å². The molecule has 2 atom stereocenters. The molecule has 2 heterocycles. The van der Waals surface area contributed by atoms with E-state index in [1.807, 2.05) is 0 Å².